The zero-order valence-electron chi connectivity index (χ0n) is 12.7. The molecule has 3 aromatic rings. The van der Waals surface area contributed by atoms with Crippen molar-refractivity contribution in [2.24, 2.45) is 0 Å². The minimum atomic E-state index is -0.258. The highest BCUT2D eigenvalue weighted by Crippen LogP contribution is 2.31. The summed E-state index contributed by atoms with van der Waals surface area (Å²) >= 11 is 0. The summed E-state index contributed by atoms with van der Waals surface area (Å²) in [5.41, 5.74) is 3.74. The van der Waals surface area contributed by atoms with Crippen LogP contribution in [0.25, 0.3) is 11.3 Å². The Morgan fingerprint density at radius 2 is 1.91 bits per heavy atom. The molecule has 1 aromatic carbocycles. The van der Waals surface area contributed by atoms with Gasteiger partial charge in [0.2, 0.25) is 0 Å². The summed E-state index contributed by atoms with van der Waals surface area (Å²) < 4.78 is 18.6. The summed E-state index contributed by atoms with van der Waals surface area (Å²) in [6.45, 7) is 3.37. The van der Waals surface area contributed by atoms with Crippen molar-refractivity contribution in [1.82, 2.24) is 15.4 Å². The molecule has 0 amide bonds. The molecule has 0 N–H and O–H groups in total. The quantitative estimate of drug-likeness (QED) is 0.728. The van der Waals surface area contributed by atoms with Crippen LogP contribution in [0.5, 0.6) is 0 Å². The van der Waals surface area contributed by atoms with E-state index < -0.39 is 0 Å². The molecule has 0 bridgehead atoms. The van der Waals surface area contributed by atoms with Crippen molar-refractivity contribution >= 4 is 5.82 Å². The minimum absolute atomic E-state index is 0.258. The van der Waals surface area contributed by atoms with E-state index in [1.54, 1.807) is 12.1 Å². The highest BCUT2D eigenvalue weighted by atomic mass is 19.1. The lowest BCUT2D eigenvalue weighted by molar-refractivity contribution is 0.423. The van der Waals surface area contributed by atoms with E-state index >= 15 is 0 Å². The summed E-state index contributed by atoms with van der Waals surface area (Å²) in [5, 5.41) is 12.5. The van der Waals surface area contributed by atoms with Crippen LogP contribution < -0.4 is 4.90 Å². The van der Waals surface area contributed by atoms with E-state index in [1.165, 1.54) is 12.1 Å². The Morgan fingerprint density at radius 1 is 1.09 bits per heavy atom. The first-order valence-electron chi connectivity index (χ1n) is 7.49. The normalized spacial score (nSPS) is 13.9. The minimum Gasteiger partial charge on any atom is -0.356 e. The van der Waals surface area contributed by atoms with Gasteiger partial charge in [-0.05, 0) is 49.7 Å². The van der Waals surface area contributed by atoms with Crippen LogP contribution in [-0.4, -0.2) is 21.9 Å². The lowest BCUT2D eigenvalue weighted by Crippen LogP contribution is -2.31. The first-order valence-corrected chi connectivity index (χ1v) is 7.49. The van der Waals surface area contributed by atoms with E-state index in [1.807, 2.05) is 19.1 Å². The van der Waals surface area contributed by atoms with Crippen LogP contribution in [0.2, 0.25) is 0 Å². The molecule has 0 fully saturated rings. The molecule has 0 aliphatic carbocycles. The number of fused-ring (bicyclic) bond motifs is 1. The maximum atomic E-state index is 13.1. The fourth-order valence-corrected chi connectivity index (χ4v) is 2.82. The standard InChI is InChI=1S/C17H15FN4O/c1-11-2-7-16(20-19-11)22-9-8-14-15(10-22)21-23-17(14)12-3-5-13(18)6-4-12/h2-7H,8-10H2,1H3. The summed E-state index contributed by atoms with van der Waals surface area (Å²) in [4.78, 5) is 2.13. The molecule has 0 atom stereocenters. The Kier molecular flexibility index (Phi) is 3.29. The lowest BCUT2D eigenvalue weighted by Gasteiger charge is -2.26. The van der Waals surface area contributed by atoms with Crippen LogP contribution in [0.4, 0.5) is 10.2 Å². The third-order valence-corrected chi connectivity index (χ3v) is 4.06. The van der Waals surface area contributed by atoms with Gasteiger partial charge in [0.1, 0.15) is 11.5 Å². The van der Waals surface area contributed by atoms with Gasteiger partial charge in [-0.1, -0.05) is 5.16 Å². The number of aryl methyl sites for hydroxylation is 1. The third kappa shape index (κ3) is 2.56. The number of rotatable bonds is 2. The van der Waals surface area contributed by atoms with Crippen molar-refractivity contribution in [1.29, 1.82) is 0 Å². The van der Waals surface area contributed by atoms with Gasteiger partial charge in [0.15, 0.2) is 11.6 Å². The first-order chi connectivity index (χ1) is 11.2. The molecule has 0 spiro atoms. The number of hydrogen-bond acceptors (Lipinski definition) is 5. The van der Waals surface area contributed by atoms with Crippen molar-refractivity contribution < 1.29 is 8.91 Å². The van der Waals surface area contributed by atoms with Gasteiger partial charge >= 0.3 is 0 Å². The number of anilines is 1. The van der Waals surface area contributed by atoms with Crippen LogP contribution in [-0.2, 0) is 13.0 Å². The van der Waals surface area contributed by atoms with Crippen LogP contribution >= 0.6 is 0 Å². The van der Waals surface area contributed by atoms with Crippen LogP contribution in [0.3, 0.4) is 0 Å². The topological polar surface area (TPSA) is 55.1 Å². The average molecular weight is 310 g/mol. The summed E-state index contributed by atoms with van der Waals surface area (Å²) in [7, 11) is 0. The number of hydrogen-bond donors (Lipinski definition) is 0. The molecule has 3 heterocycles. The van der Waals surface area contributed by atoms with Gasteiger partial charge in [-0.15, -0.1) is 5.10 Å². The maximum Gasteiger partial charge on any atom is 0.170 e. The van der Waals surface area contributed by atoms with Crippen LogP contribution in [0, 0.1) is 12.7 Å². The summed E-state index contributed by atoms with van der Waals surface area (Å²) in [6, 6.07) is 10.2. The van der Waals surface area contributed by atoms with Crippen molar-refractivity contribution in [2.75, 3.05) is 11.4 Å². The fourth-order valence-electron chi connectivity index (χ4n) is 2.82. The van der Waals surface area contributed by atoms with Crippen molar-refractivity contribution in [3.63, 3.8) is 0 Å². The second kappa shape index (κ2) is 5.46. The number of aromatic nitrogens is 3. The number of nitrogens with zero attached hydrogens (tertiary/aromatic N) is 4. The van der Waals surface area contributed by atoms with Crippen molar-refractivity contribution in [3.05, 3.63) is 59.2 Å². The van der Waals surface area contributed by atoms with Gasteiger partial charge in [-0.25, -0.2) is 4.39 Å². The van der Waals surface area contributed by atoms with E-state index in [0.717, 1.165) is 47.1 Å². The SMILES string of the molecule is Cc1ccc(N2CCc3c(noc3-c3ccc(F)cc3)C2)nn1. The van der Waals surface area contributed by atoms with Crippen molar-refractivity contribution in [3.8, 4) is 11.3 Å². The zero-order valence-corrected chi connectivity index (χ0v) is 12.7. The molecule has 0 radical (unpaired) electrons. The van der Waals surface area contributed by atoms with Gasteiger partial charge in [-0.2, -0.15) is 5.10 Å². The van der Waals surface area contributed by atoms with E-state index in [2.05, 4.69) is 20.3 Å². The maximum absolute atomic E-state index is 13.1. The molecule has 0 unspecified atom stereocenters. The first kappa shape index (κ1) is 13.9. The molecule has 1 aliphatic heterocycles. The summed E-state index contributed by atoms with van der Waals surface area (Å²) in [5.74, 6) is 1.31. The van der Waals surface area contributed by atoms with E-state index in [-0.39, 0.29) is 5.82 Å². The molecule has 6 heteroatoms. The molecule has 2 aromatic heterocycles. The van der Waals surface area contributed by atoms with Crippen LogP contribution in [0.15, 0.2) is 40.9 Å². The highest BCUT2D eigenvalue weighted by Gasteiger charge is 2.25. The van der Waals surface area contributed by atoms with Gasteiger partial charge in [0.05, 0.1) is 12.2 Å². The Morgan fingerprint density at radius 3 is 2.65 bits per heavy atom. The van der Waals surface area contributed by atoms with E-state index in [0.29, 0.717) is 6.54 Å². The molecular weight excluding hydrogens is 295 g/mol. The van der Waals surface area contributed by atoms with E-state index in [4.69, 9.17) is 4.52 Å². The fraction of sp³-hybridized carbons (Fsp3) is 0.235. The Balaban J connectivity index is 1.62. The van der Waals surface area contributed by atoms with Gasteiger partial charge in [0, 0.05) is 17.7 Å². The Labute approximate surface area is 132 Å². The van der Waals surface area contributed by atoms with Gasteiger partial charge < -0.3 is 9.42 Å². The number of benzene rings is 1. The molecule has 116 valence electrons. The zero-order chi connectivity index (χ0) is 15.8. The van der Waals surface area contributed by atoms with Crippen molar-refractivity contribution in [2.45, 2.75) is 19.9 Å². The van der Waals surface area contributed by atoms with Gasteiger partial charge in [0.25, 0.3) is 0 Å². The van der Waals surface area contributed by atoms with Crippen LogP contribution in [0.1, 0.15) is 17.0 Å². The predicted molar refractivity (Wildman–Crippen MR) is 83.4 cm³/mol. The Hall–Kier alpha value is -2.76. The van der Waals surface area contributed by atoms with E-state index in [9.17, 15) is 4.39 Å². The number of halogens is 1. The molecule has 23 heavy (non-hydrogen) atoms. The largest absolute Gasteiger partial charge is 0.356 e. The second-order valence-electron chi connectivity index (χ2n) is 5.65. The summed E-state index contributed by atoms with van der Waals surface area (Å²) in [6.07, 6.45) is 0.807. The molecule has 1 aliphatic rings. The Bertz CT molecular complexity index is 827. The molecule has 0 saturated carbocycles. The average Bonchev–Trinajstić information content (AvgIpc) is 2.99. The highest BCUT2D eigenvalue weighted by molar-refractivity contribution is 5.63. The molecular formula is C17H15FN4O. The predicted octanol–water partition coefficient (Wildman–Crippen LogP) is 3.14. The lowest BCUT2D eigenvalue weighted by atomic mass is 10.0. The third-order valence-electron chi connectivity index (χ3n) is 4.06. The monoisotopic (exact) mass is 310 g/mol. The smallest absolute Gasteiger partial charge is 0.170 e. The second-order valence-corrected chi connectivity index (χ2v) is 5.65. The molecule has 4 rings (SSSR count). The van der Waals surface area contributed by atoms with Gasteiger partial charge in [-0.3, -0.25) is 0 Å². The molecule has 0 saturated heterocycles. The molecule has 5 nitrogen and oxygen atoms in total.